The van der Waals surface area contributed by atoms with Gasteiger partial charge in [-0.15, -0.1) is 11.3 Å². The van der Waals surface area contributed by atoms with E-state index < -0.39 is 5.97 Å². The van der Waals surface area contributed by atoms with Gasteiger partial charge in [-0.1, -0.05) is 5.11 Å². The van der Waals surface area contributed by atoms with Crippen LogP contribution in [0.25, 0.3) is 16.5 Å². The molecule has 0 aromatic carbocycles. The molecular formula is C10H10BrN3O2S. The fourth-order valence-corrected chi connectivity index (χ4v) is 2.57. The summed E-state index contributed by atoms with van der Waals surface area (Å²) in [4.78, 5) is 16.0. The fourth-order valence-electron chi connectivity index (χ4n) is 1.07. The van der Waals surface area contributed by atoms with E-state index in [0.29, 0.717) is 0 Å². The van der Waals surface area contributed by atoms with Crippen molar-refractivity contribution in [2.75, 3.05) is 6.61 Å². The highest BCUT2D eigenvalue weighted by atomic mass is 79.9. The van der Waals surface area contributed by atoms with Gasteiger partial charge in [0.1, 0.15) is 5.70 Å². The molecule has 17 heavy (non-hydrogen) atoms. The molecule has 1 rings (SSSR count). The molecule has 1 aromatic heterocycles. The van der Waals surface area contributed by atoms with Crippen LogP contribution < -0.4 is 0 Å². The van der Waals surface area contributed by atoms with Crippen molar-refractivity contribution in [3.63, 3.8) is 0 Å². The van der Waals surface area contributed by atoms with Crippen LogP contribution in [0.15, 0.2) is 21.4 Å². The lowest BCUT2D eigenvalue weighted by Gasteiger charge is -1.99. The number of azide groups is 1. The second kappa shape index (κ2) is 6.44. The Morgan fingerprint density at radius 2 is 2.47 bits per heavy atom. The van der Waals surface area contributed by atoms with Crippen LogP contribution in [0.1, 0.15) is 16.7 Å². The highest BCUT2D eigenvalue weighted by Crippen LogP contribution is 2.28. The largest absolute Gasteiger partial charge is 0.462 e. The lowest BCUT2D eigenvalue weighted by Crippen LogP contribution is -2.05. The molecule has 0 spiro atoms. The van der Waals surface area contributed by atoms with Gasteiger partial charge in [0.2, 0.25) is 0 Å². The smallest absolute Gasteiger partial charge is 0.340 e. The van der Waals surface area contributed by atoms with Gasteiger partial charge in [-0.05, 0) is 47.5 Å². The number of carbonyl (C=O) groups is 1. The Hall–Kier alpha value is -1.30. The molecule has 0 saturated heterocycles. The Morgan fingerprint density at radius 1 is 1.76 bits per heavy atom. The first kappa shape index (κ1) is 13.8. The third-order valence-corrected chi connectivity index (χ3v) is 3.88. The lowest BCUT2D eigenvalue weighted by molar-refractivity contribution is -0.138. The van der Waals surface area contributed by atoms with Crippen LogP contribution in [0.4, 0.5) is 0 Å². The van der Waals surface area contributed by atoms with E-state index in [9.17, 15) is 4.79 Å². The van der Waals surface area contributed by atoms with Gasteiger partial charge < -0.3 is 4.74 Å². The van der Waals surface area contributed by atoms with Crippen molar-refractivity contribution in [1.29, 1.82) is 0 Å². The summed E-state index contributed by atoms with van der Waals surface area (Å²) in [7, 11) is 0. The van der Waals surface area contributed by atoms with Crippen LogP contribution in [0, 0.1) is 6.92 Å². The molecule has 0 aliphatic rings. The van der Waals surface area contributed by atoms with Crippen LogP contribution >= 0.6 is 27.3 Å². The van der Waals surface area contributed by atoms with Crippen LogP contribution in [0.2, 0.25) is 0 Å². The van der Waals surface area contributed by atoms with Gasteiger partial charge in [0.25, 0.3) is 0 Å². The SMILES string of the molecule is CCOC(=O)/C(=C/c1cc(Br)c(C)s1)N=[N+]=[N-]. The van der Waals surface area contributed by atoms with Crippen molar-refractivity contribution < 1.29 is 9.53 Å². The van der Waals surface area contributed by atoms with E-state index in [1.165, 1.54) is 17.4 Å². The Labute approximate surface area is 111 Å². The second-order valence-electron chi connectivity index (χ2n) is 2.99. The number of rotatable bonds is 4. The number of hydrogen-bond acceptors (Lipinski definition) is 4. The first-order valence-corrected chi connectivity index (χ1v) is 6.39. The van der Waals surface area contributed by atoms with E-state index in [1.807, 2.05) is 13.0 Å². The van der Waals surface area contributed by atoms with Gasteiger partial charge in [0.15, 0.2) is 0 Å². The third kappa shape index (κ3) is 3.89. The van der Waals surface area contributed by atoms with E-state index in [-0.39, 0.29) is 12.3 Å². The first-order valence-electron chi connectivity index (χ1n) is 4.78. The minimum atomic E-state index is -0.618. The summed E-state index contributed by atoms with van der Waals surface area (Å²) < 4.78 is 5.74. The van der Waals surface area contributed by atoms with Gasteiger partial charge in [-0.25, -0.2) is 4.79 Å². The summed E-state index contributed by atoms with van der Waals surface area (Å²) in [6.07, 6.45) is 1.51. The maximum absolute atomic E-state index is 11.5. The van der Waals surface area contributed by atoms with E-state index >= 15 is 0 Å². The summed E-state index contributed by atoms with van der Waals surface area (Å²) in [5.41, 5.74) is 8.36. The number of nitrogens with zero attached hydrogens (tertiary/aromatic N) is 3. The minimum Gasteiger partial charge on any atom is -0.462 e. The zero-order valence-corrected chi connectivity index (χ0v) is 11.7. The monoisotopic (exact) mass is 315 g/mol. The van der Waals surface area contributed by atoms with E-state index in [4.69, 9.17) is 10.3 Å². The molecule has 1 heterocycles. The van der Waals surface area contributed by atoms with Crippen molar-refractivity contribution in [2.45, 2.75) is 13.8 Å². The average molecular weight is 316 g/mol. The summed E-state index contributed by atoms with van der Waals surface area (Å²) in [5.74, 6) is -0.618. The van der Waals surface area contributed by atoms with Crippen LogP contribution in [-0.2, 0) is 9.53 Å². The molecule has 0 fully saturated rings. The Morgan fingerprint density at radius 3 is 2.94 bits per heavy atom. The predicted octanol–water partition coefficient (Wildman–Crippen LogP) is 4.03. The maximum atomic E-state index is 11.5. The zero-order chi connectivity index (χ0) is 12.8. The molecule has 7 heteroatoms. The van der Waals surface area contributed by atoms with Crippen LogP contribution in [-0.4, -0.2) is 12.6 Å². The van der Waals surface area contributed by atoms with Crippen LogP contribution in [0.5, 0.6) is 0 Å². The van der Waals surface area contributed by atoms with E-state index in [1.54, 1.807) is 6.92 Å². The molecule has 5 nitrogen and oxygen atoms in total. The molecule has 0 aliphatic carbocycles. The van der Waals surface area contributed by atoms with Crippen LogP contribution in [0.3, 0.4) is 0 Å². The quantitative estimate of drug-likeness (QED) is 0.276. The zero-order valence-electron chi connectivity index (χ0n) is 9.31. The van der Waals surface area contributed by atoms with Gasteiger partial charge in [-0.2, -0.15) is 0 Å². The summed E-state index contributed by atoms with van der Waals surface area (Å²) in [6, 6.07) is 1.85. The number of hydrogen-bond donors (Lipinski definition) is 0. The molecule has 0 aliphatic heterocycles. The molecule has 90 valence electrons. The van der Waals surface area contributed by atoms with Crippen molar-refractivity contribution in [3.8, 4) is 0 Å². The molecule has 0 radical (unpaired) electrons. The summed E-state index contributed by atoms with van der Waals surface area (Å²) in [5, 5.41) is 3.34. The third-order valence-electron chi connectivity index (χ3n) is 1.79. The number of halogens is 1. The standard InChI is InChI=1S/C10H10BrN3O2S/c1-3-16-10(15)9(13-14-12)5-7-4-8(11)6(2)17-7/h4-5H,3H2,1-2H3/b9-5-. The number of carbonyl (C=O) groups excluding carboxylic acids is 1. The molecule has 0 atom stereocenters. The maximum Gasteiger partial charge on any atom is 0.340 e. The average Bonchev–Trinajstić information content (AvgIpc) is 2.58. The number of aryl methyl sites for hydroxylation is 1. The second-order valence-corrected chi connectivity index (χ2v) is 5.13. The Bertz CT molecular complexity index is 484. The summed E-state index contributed by atoms with van der Waals surface area (Å²) >= 11 is 4.86. The number of esters is 1. The van der Waals surface area contributed by atoms with Crippen molar-refractivity contribution in [2.24, 2.45) is 5.11 Å². The molecule has 0 bridgehead atoms. The van der Waals surface area contributed by atoms with Crippen molar-refractivity contribution in [1.82, 2.24) is 0 Å². The number of ether oxygens (including phenoxy) is 1. The topological polar surface area (TPSA) is 75.1 Å². The molecule has 1 aromatic rings. The van der Waals surface area contributed by atoms with E-state index in [0.717, 1.165) is 14.2 Å². The Kier molecular flexibility index (Phi) is 5.21. The highest BCUT2D eigenvalue weighted by Gasteiger charge is 2.10. The minimum absolute atomic E-state index is 0.0388. The molecule has 0 amide bonds. The van der Waals surface area contributed by atoms with Gasteiger partial charge >= 0.3 is 5.97 Å². The van der Waals surface area contributed by atoms with Gasteiger partial charge in [0.05, 0.1) is 6.61 Å². The van der Waals surface area contributed by atoms with Gasteiger partial charge in [-0.3, -0.25) is 0 Å². The predicted molar refractivity (Wildman–Crippen MR) is 70.5 cm³/mol. The van der Waals surface area contributed by atoms with Gasteiger partial charge in [0, 0.05) is 19.1 Å². The molecular weight excluding hydrogens is 306 g/mol. The lowest BCUT2D eigenvalue weighted by atomic mass is 10.3. The highest BCUT2D eigenvalue weighted by molar-refractivity contribution is 9.10. The summed E-state index contributed by atoms with van der Waals surface area (Å²) in [6.45, 7) is 3.88. The fraction of sp³-hybridized carbons (Fsp3) is 0.300. The van der Waals surface area contributed by atoms with Crippen molar-refractivity contribution >= 4 is 39.3 Å². The molecule has 0 N–H and O–H groups in total. The molecule has 0 unspecified atom stereocenters. The normalized spacial score (nSPS) is 10.9. The Balaban J connectivity index is 3.05. The number of thiophene rings is 1. The van der Waals surface area contributed by atoms with E-state index in [2.05, 4.69) is 26.0 Å². The molecule has 0 saturated carbocycles. The first-order chi connectivity index (χ1) is 8.08. The van der Waals surface area contributed by atoms with Crippen molar-refractivity contribution in [3.05, 3.63) is 36.4 Å².